The van der Waals surface area contributed by atoms with Crippen molar-refractivity contribution in [3.63, 3.8) is 0 Å². The highest BCUT2D eigenvalue weighted by atomic mass is 16.5. The lowest BCUT2D eigenvalue weighted by molar-refractivity contribution is 0.313. The van der Waals surface area contributed by atoms with E-state index in [1.54, 1.807) is 0 Å². The van der Waals surface area contributed by atoms with E-state index in [9.17, 15) is 0 Å². The van der Waals surface area contributed by atoms with Crippen molar-refractivity contribution in [2.24, 2.45) is 10.9 Å². The van der Waals surface area contributed by atoms with Gasteiger partial charge in [0.15, 0.2) is 5.90 Å². The van der Waals surface area contributed by atoms with Gasteiger partial charge in [0.1, 0.15) is 6.61 Å². The fourth-order valence-electron chi connectivity index (χ4n) is 1.28. The van der Waals surface area contributed by atoms with Crippen molar-refractivity contribution < 1.29 is 4.74 Å². The predicted octanol–water partition coefficient (Wildman–Crippen LogP) is 1.55. The van der Waals surface area contributed by atoms with Crippen molar-refractivity contribution in [2.75, 3.05) is 6.61 Å². The molecule has 0 aromatic rings. The van der Waals surface area contributed by atoms with E-state index in [1.165, 1.54) is 0 Å². The Labute approximate surface area is 66.3 Å². The summed E-state index contributed by atoms with van der Waals surface area (Å²) in [5.41, 5.74) is 0. The summed E-state index contributed by atoms with van der Waals surface area (Å²) in [6.45, 7) is 2.81. The van der Waals surface area contributed by atoms with Crippen LogP contribution in [0.25, 0.3) is 0 Å². The zero-order chi connectivity index (χ0) is 7.68. The molecule has 1 aliphatic heterocycles. The number of aliphatic imine (C=N–C) groups is 1. The third-order valence-electron chi connectivity index (χ3n) is 1.85. The van der Waals surface area contributed by atoms with Crippen LogP contribution in [-0.2, 0) is 4.74 Å². The minimum absolute atomic E-state index is 0.306. The van der Waals surface area contributed by atoms with Gasteiger partial charge < -0.3 is 4.74 Å². The molecule has 0 spiro atoms. The molecule has 2 rings (SSSR count). The molecule has 0 bridgehead atoms. The number of allylic oxidation sites excluding steroid dienone is 2. The van der Waals surface area contributed by atoms with Gasteiger partial charge in [-0.15, -0.1) is 0 Å². The Hall–Kier alpha value is -1.05. The van der Waals surface area contributed by atoms with E-state index in [0.717, 1.165) is 12.5 Å². The highest BCUT2D eigenvalue weighted by Crippen LogP contribution is 2.16. The van der Waals surface area contributed by atoms with E-state index < -0.39 is 0 Å². The summed E-state index contributed by atoms with van der Waals surface area (Å²) >= 11 is 0. The summed E-state index contributed by atoms with van der Waals surface area (Å²) in [7, 11) is 0. The van der Waals surface area contributed by atoms with Crippen LogP contribution in [0.15, 0.2) is 29.3 Å². The maximum absolute atomic E-state index is 5.40. The first-order valence-corrected chi connectivity index (χ1v) is 3.92. The molecule has 0 unspecified atom stereocenters. The molecule has 2 nitrogen and oxygen atoms in total. The number of hydrogen-bond donors (Lipinski definition) is 0. The standard InChI is InChI=1S/C9H11NO/c1-7-6-11-9(10-7)8-4-2-3-5-8/h2-5,7-8H,6H2,1H3/t7-/m0/s1. The zero-order valence-electron chi connectivity index (χ0n) is 6.53. The second kappa shape index (κ2) is 2.53. The van der Waals surface area contributed by atoms with Gasteiger partial charge in [0, 0.05) is 0 Å². The molecular weight excluding hydrogens is 138 g/mol. The van der Waals surface area contributed by atoms with Crippen LogP contribution in [-0.4, -0.2) is 18.5 Å². The highest BCUT2D eigenvalue weighted by molar-refractivity contribution is 5.84. The SMILES string of the molecule is C[C@H]1COC(C2C=CC=C2)=N1. The Balaban J connectivity index is 2.11. The van der Waals surface area contributed by atoms with E-state index in [4.69, 9.17) is 4.74 Å². The maximum atomic E-state index is 5.40. The quantitative estimate of drug-likeness (QED) is 0.554. The minimum atomic E-state index is 0.306. The van der Waals surface area contributed by atoms with E-state index in [0.29, 0.717) is 12.0 Å². The second-order valence-electron chi connectivity index (χ2n) is 2.92. The summed E-state index contributed by atoms with van der Waals surface area (Å²) in [5, 5.41) is 0. The van der Waals surface area contributed by atoms with Gasteiger partial charge in [-0.2, -0.15) is 0 Å². The molecule has 0 radical (unpaired) electrons. The fourth-order valence-corrected chi connectivity index (χ4v) is 1.28. The third-order valence-corrected chi connectivity index (χ3v) is 1.85. The average molecular weight is 149 g/mol. The molecule has 0 saturated carbocycles. The molecule has 1 atom stereocenters. The first-order chi connectivity index (χ1) is 5.36. The van der Waals surface area contributed by atoms with Gasteiger partial charge in [-0.25, -0.2) is 4.99 Å². The first kappa shape index (κ1) is 6.65. The molecule has 2 heteroatoms. The lowest BCUT2D eigenvalue weighted by Gasteiger charge is -2.03. The molecule has 1 heterocycles. The van der Waals surface area contributed by atoms with Gasteiger partial charge >= 0.3 is 0 Å². The van der Waals surface area contributed by atoms with Gasteiger partial charge in [0.2, 0.25) is 0 Å². The zero-order valence-corrected chi connectivity index (χ0v) is 6.53. The van der Waals surface area contributed by atoms with Gasteiger partial charge in [-0.3, -0.25) is 0 Å². The van der Waals surface area contributed by atoms with Crippen LogP contribution < -0.4 is 0 Å². The van der Waals surface area contributed by atoms with Crippen molar-refractivity contribution in [1.29, 1.82) is 0 Å². The normalized spacial score (nSPS) is 29.2. The average Bonchev–Trinajstić information content (AvgIpc) is 2.55. The van der Waals surface area contributed by atoms with Crippen LogP contribution in [0.5, 0.6) is 0 Å². The van der Waals surface area contributed by atoms with E-state index in [-0.39, 0.29) is 0 Å². The van der Waals surface area contributed by atoms with E-state index in [1.807, 2.05) is 12.2 Å². The highest BCUT2D eigenvalue weighted by Gasteiger charge is 2.20. The summed E-state index contributed by atoms with van der Waals surface area (Å²) < 4.78 is 5.40. The Morgan fingerprint density at radius 3 is 2.73 bits per heavy atom. The largest absolute Gasteiger partial charge is 0.478 e. The summed E-state index contributed by atoms with van der Waals surface area (Å²) in [6.07, 6.45) is 8.24. The monoisotopic (exact) mass is 149 g/mol. The maximum Gasteiger partial charge on any atom is 0.194 e. The molecular formula is C9H11NO. The van der Waals surface area contributed by atoms with Crippen LogP contribution >= 0.6 is 0 Å². The van der Waals surface area contributed by atoms with Crippen molar-refractivity contribution in [1.82, 2.24) is 0 Å². The van der Waals surface area contributed by atoms with E-state index in [2.05, 4.69) is 24.1 Å². The molecule has 0 N–H and O–H groups in total. The summed E-state index contributed by atoms with van der Waals surface area (Å²) in [5.74, 6) is 1.18. The molecule has 0 aromatic carbocycles. The molecule has 0 aromatic heterocycles. The minimum Gasteiger partial charge on any atom is -0.478 e. The van der Waals surface area contributed by atoms with Gasteiger partial charge in [-0.1, -0.05) is 24.3 Å². The number of hydrogen-bond acceptors (Lipinski definition) is 2. The molecule has 58 valence electrons. The first-order valence-electron chi connectivity index (χ1n) is 3.92. The van der Waals surface area contributed by atoms with Crippen LogP contribution in [0.2, 0.25) is 0 Å². The Morgan fingerprint density at radius 2 is 2.18 bits per heavy atom. The molecule has 2 aliphatic rings. The molecule has 0 saturated heterocycles. The summed E-state index contributed by atoms with van der Waals surface area (Å²) in [6, 6.07) is 0.340. The van der Waals surface area contributed by atoms with Crippen LogP contribution in [0.4, 0.5) is 0 Å². The Kier molecular flexibility index (Phi) is 1.53. The third kappa shape index (κ3) is 1.20. The number of nitrogens with zero attached hydrogens (tertiary/aromatic N) is 1. The number of ether oxygens (including phenoxy) is 1. The van der Waals surface area contributed by atoms with Gasteiger partial charge in [0.05, 0.1) is 12.0 Å². The van der Waals surface area contributed by atoms with Gasteiger partial charge in [0.25, 0.3) is 0 Å². The Morgan fingerprint density at radius 1 is 1.45 bits per heavy atom. The molecule has 0 fully saturated rings. The fraction of sp³-hybridized carbons (Fsp3) is 0.444. The topological polar surface area (TPSA) is 21.6 Å². The summed E-state index contributed by atoms with van der Waals surface area (Å²) in [4.78, 5) is 4.36. The number of rotatable bonds is 1. The second-order valence-corrected chi connectivity index (χ2v) is 2.92. The predicted molar refractivity (Wildman–Crippen MR) is 44.6 cm³/mol. The molecule has 0 amide bonds. The lowest BCUT2D eigenvalue weighted by atomic mass is 10.2. The molecule has 11 heavy (non-hydrogen) atoms. The van der Waals surface area contributed by atoms with Crippen molar-refractivity contribution in [2.45, 2.75) is 13.0 Å². The molecule has 1 aliphatic carbocycles. The van der Waals surface area contributed by atoms with Crippen molar-refractivity contribution in [3.05, 3.63) is 24.3 Å². The smallest absolute Gasteiger partial charge is 0.194 e. The van der Waals surface area contributed by atoms with Crippen LogP contribution in [0.1, 0.15) is 6.92 Å². The lowest BCUT2D eigenvalue weighted by Crippen LogP contribution is -2.08. The van der Waals surface area contributed by atoms with Crippen molar-refractivity contribution in [3.8, 4) is 0 Å². The van der Waals surface area contributed by atoms with E-state index >= 15 is 0 Å². The van der Waals surface area contributed by atoms with Crippen LogP contribution in [0.3, 0.4) is 0 Å². The van der Waals surface area contributed by atoms with Crippen LogP contribution in [0, 0.1) is 5.92 Å². The Bertz CT molecular complexity index is 228. The van der Waals surface area contributed by atoms with Crippen molar-refractivity contribution >= 4 is 5.90 Å². The van der Waals surface area contributed by atoms with Gasteiger partial charge in [-0.05, 0) is 6.92 Å².